The Morgan fingerprint density at radius 3 is 1.27 bits per heavy atom. The van der Waals surface area contributed by atoms with E-state index in [0.717, 1.165) is 0 Å². The van der Waals surface area contributed by atoms with Crippen LogP contribution in [0, 0.1) is 0 Å². The van der Waals surface area contributed by atoms with Gasteiger partial charge in [0.1, 0.15) is 8.24 Å². The van der Waals surface area contributed by atoms with Crippen LogP contribution in [0.25, 0.3) is 0 Å². The lowest BCUT2D eigenvalue weighted by atomic mass is 10.6. The van der Waals surface area contributed by atoms with E-state index in [-0.39, 0.29) is 11.0 Å². The van der Waals surface area contributed by atoms with Crippen LogP contribution in [0.5, 0.6) is 0 Å². The van der Waals surface area contributed by atoms with Gasteiger partial charge in [0, 0.05) is 0 Å². The first-order valence-electron chi connectivity index (χ1n) is 3.83. The van der Waals surface area contributed by atoms with Crippen molar-refractivity contribution in [2.45, 2.75) is 44.5 Å². The molecule has 0 bridgehead atoms. The van der Waals surface area contributed by atoms with Crippen LogP contribution in [0.4, 0.5) is 0 Å². The first-order chi connectivity index (χ1) is 4.76. The minimum absolute atomic E-state index is 0.0363. The highest BCUT2D eigenvalue weighted by atomic mass is 35.5. The topological polar surface area (TPSA) is 3.24 Å². The highest BCUT2D eigenvalue weighted by molar-refractivity contribution is 6.74. The lowest BCUT2D eigenvalue weighted by Gasteiger charge is -2.38. The zero-order valence-corrected chi connectivity index (χ0v) is 10.4. The van der Waals surface area contributed by atoms with Crippen LogP contribution in [0.3, 0.4) is 0 Å². The minimum Gasteiger partial charge on any atom is -0.294 e. The normalized spacial score (nSPS) is 18.5. The van der Waals surface area contributed by atoms with Crippen LogP contribution in [-0.4, -0.2) is 23.8 Å². The Kier molecular flexibility index (Phi) is 4.41. The van der Waals surface area contributed by atoms with Gasteiger partial charge < -0.3 is 0 Å². The van der Waals surface area contributed by atoms with Crippen molar-refractivity contribution in [3.05, 3.63) is 0 Å². The molecule has 0 aromatic rings. The molecule has 0 aromatic carbocycles. The second kappa shape index (κ2) is 4.12. The molecule has 0 aliphatic heterocycles. The summed E-state index contributed by atoms with van der Waals surface area (Å²) in [6.45, 7) is 10.7. The predicted octanol–water partition coefficient (Wildman–Crippen LogP) is 3.29. The van der Waals surface area contributed by atoms with Crippen molar-refractivity contribution in [1.29, 1.82) is 0 Å². The number of alkyl halides is 2. The zero-order valence-electron chi connectivity index (χ0n) is 7.86. The SMILES string of the molecule is CC(Cl)N(C(C)Cl)[Si](C)(C)C. The van der Waals surface area contributed by atoms with Crippen LogP contribution in [0.1, 0.15) is 13.8 Å². The van der Waals surface area contributed by atoms with Crippen molar-refractivity contribution in [1.82, 2.24) is 4.57 Å². The summed E-state index contributed by atoms with van der Waals surface area (Å²) in [5, 5.41) is 0. The Balaban J connectivity index is 4.35. The van der Waals surface area contributed by atoms with Crippen molar-refractivity contribution in [3.63, 3.8) is 0 Å². The Hall–Kier alpha value is 0.757. The van der Waals surface area contributed by atoms with Crippen LogP contribution < -0.4 is 0 Å². The van der Waals surface area contributed by atoms with E-state index in [2.05, 4.69) is 24.2 Å². The third-order valence-corrected chi connectivity index (χ3v) is 4.61. The van der Waals surface area contributed by atoms with Crippen molar-refractivity contribution in [3.8, 4) is 0 Å². The fourth-order valence-corrected chi connectivity index (χ4v) is 5.64. The van der Waals surface area contributed by atoms with E-state index in [9.17, 15) is 0 Å². The maximum absolute atomic E-state index is 6.00. The molecule has 0 spiro atoms. The molecule has 0 saturated carbocycles. The second-order valence-electron chi connectivity index (χ2n) is 3.73. The van der Waals surface area contributed by atoms with Gasteiger partial charge in [-0.1, -0.05) is 19.6 Å². The van der Waals surface area contributed by atoms with E-state index in [1.165, 1.54) is 0 Å². The summed E-state index contributed by atoms with van der Waals surface area (Å²) in [5.74, 6) is 0. The molecular formula is C7H17Cl2NSi. The number of nitrogens with zero attached hydrogens (tertiary/aromatic N) is 1. The molecule has 0 heterocycles. The number of rotatable bonds is 3. The first kappa shape index (κ1) is 11.8. The molecule has 0 saturated heterocycles. The molecule has 0 N–H and O–H groups in total. The molecule has 0 amide bonds. The molecule has 11 heavy (non-hydrogen) atoms. The van der Waals surface area contributed by atoms with Crippen LogP contribution in [0.15, 0.2) is 0 Å². The van der Waals surface area contributed by atoms with Crippen molar-refractivity contribution >= 4 is 31.4 Å². The third-order valence-electron chi connectivity index (χ3n) is 1.54. The third kappa shape index (κ3) is 3.79. The molecule has 2 atom stereocenters. The van der Waals surface area contributed by atoms with Gasteiger partial charge in [0.05, 0.1) is 11.0 Å². The maximum Gasteiger partial charge on any atom is 0.122 e. The molecule has 68 valence electrons. The van der Waals surface area contributed by atoms with Crippen LogP contribution in [-0.2, 0) is 0 Å². The first-order valence-corrected chi connectivity index (χ1v) is 8.15. The standard InChI is InChI=1S/C7H17Cl2NSi/c1-6(8)10(7(2)9)11(3,4)5/h6-7H,1-5H3. The average Bonchev–Trinajstić information content (AvgIpc) is 1.54. The van der Waals surface area contributed by atoms with Gasteiger partial charge in [0.2, 0.25) is 0 Å². The molecular weight excluding hydrogens is 197 g/mol. The Labute approximate surface area is 80.8 Å². The molecule has 0 rings (SSSR count). The highest BCUT2D eigenvalue weighted by Crippen LogP contribution is 2.21. The summed E-state index contributed by atoms with van der Waals surface area (Å²) in [5.41, 5.74) is 0.0725. The molecule has 0 fully saturated rings. The highest BCUT2D eigenvalue weighted by Gasteiger charge is 2.30. The molecule has 0 radical (unpaired) electrons. The van der Waals surface area contributed by atoms with E-state index in [4.69, 9.17) is 23.2 Å². The monoisotopic (exact) mass is 213 g/mol. The molecule has 2 unspecified atom stereocenters. The van der Waals surface area contributed by atoms with Crippen molar-refractivity contribution < 1.29 is 0 Å². The van der Waals surface area contributed by atoms with Gasteiger partial charge in [0.15, 0.2) is 0 Å². The summed E-state index contributed by atoms with van der Waals surface area (Å²) in [6.07, 6.45) is 0. The van der Waals surface area contributed by atoms with Gasteiger partial charge in [0.25, 0.3) is 0 Å². The average molecular weight is 214 g/mol. The van der Waals surface area contributed by atoms with Gasteiger partial charge in [-0.25, -0.2) is 0 Å². The molecule has 0 aliphatic rings. The fourth-order valence-electron chi connectivity index (χ4n) is 1.35. The van der Waals surface area contributed by atoms with Gasteiger partial charge in [-0.2, -0.15) is 0 Å². The van der Waals surface area contributed by atoms with E-state index in [0.29, 0.717) is 0 Å². The Morgan fingerprint density at radius 2 is 1.27 bits per heavy atom. The zero-order chi connectivity index (χ0) is 9.23. The lowest BCUT2D eigenvalue weighted by molar-refractivity contribution is 0.399. The van der Waals surface area contributed by atoms with Gasteiger partial charge in [-0.3, -0.25) is 4.57 Å². The largest absolute Gasteiger partial charge is 0.294 e. The smallest absolute Gasteiger partial charge is 0.122 e. The minimum atomic E-state index is -1.34. The quantitative estimate of drug-likeness (QED) is 0.396. The molecule has 0 aliphatic carbocycles. The van der Waals surface area contributed by atoms with Crippen molar-refractivity contribution in [2.24, 2.45) is 0 Å². The number of hydrogen-bond donors (Lipinski definition) is 0. The van der Waals surface area contributed by atoms with Gasteiger partial charge >= 0.3 is 0 Å². The number of halogens is 2. The van der Waals surface area contributed by atoms with E-state index in [1.54, 1.807) is 0 Å². The van der Waals surface area contributed by atoms with Crippen molar-refractivity contribution in [2.75, 3.05) is 0 Å². The second-order valence-corrected chi connectivity index (χ2v) is 9.85. The summed E-state index contributed by atoms with van der Waals surface area (Å²) < 4.78 is 2.19. The summed E-state index contributed by atoms with van der Waals surface area (Å²) >= 11 is 12.0. The summed E-state index contributed by atoms with van der Waals surface area (Å²) in [7, 11) is -1.34. The number of hydrogen-bond acceptors (Lipinski definition) is 1. The van der Waals surface area contributed by atoms with Gasteiger partial charge in [-0.15, -0.1) is 23.2 Å². The lowest BCUT2D eigenvalue weighted by Crippen LogP contribution is -2.51. The van der Waals surface area contributed by atoms with E-state index < -0.39 is 8.24 Å². The van der Waals surface area contributed by atoms with E-state index in [1.807, 2.05) is 13.8 Å². The van der Waals surface area contributed by atoms with Gasteiger partial charge in [-0.05, 0) is 13.8 Å². The Bertz CT molecular complexity index is 112. The summed E-state index contributed by atoms with van der Waals surface area (Å²) in [4.78, 5) is 0. The molecule has 0 aromatic heterocycles. The maximum atomic E-state index is 6.00. The van der Waals surface area contributed by atoms with Crippen LogP contribution in [0.2, 0.25) is 19.6 Å². The predicted molar refractivity (Wildman–Crippen MR) is 55.8 cm³/mol. The molecule has 1 nitrogen and oxygen atoms in total. The Morgan fingerprint density at radius 1 is 1.00 bits per heavy atom. The van der Waals surface area contributed by atoms with E-state index >= 15 is 0 Å². The van der Waals surface area contributed by atoms with Crippen LogP contribution >= 0.6 is 23.2 Å². The fraction of sp³-hybridized carbons (Fsp3) is 1.00. The molecule has 4 heteroatoms. The summed E-state index contributed by atoms with van der Waals surface area (Å²) in [6, 6.07) is 0.